The van der Waals surface area contributed by atoms with Gasteiger partial charge in [-0.2, -0.15) is 0 Å². The van der Waals surface area contributed by atoms with Crippen LogP contribution in [0.4, 0.5) is 0 Å². The molecule has 1 aliphatic rings. The Balaban J connectivity index is 2.11. The van der Waals surface area contributed by atoms with Crippen LogP contribution in [0.3, 0.4) is 0 Å². The first kappa shape index (κ1) is 16.7. The van der Waals surface area contributed by atoms with E-state index in [4.69, 9.17) is 13.9 Å². The van der Waals surface area contributed by atoms with Gasteiger partial charge >= 0.3 is 5.97 Å². The first-order valence-corrected chi connectivity index (χ1v) is 8.24. The number of para-hydroxylation sites is 1. The fourth-order valence-electron chi connectivity index (χ4n) is 3.55. The first-order chi connectivity index (χ1) is 11.6. The number of methoxy groups -OCH3 is 2. The molecule has 0 atom stereocenters. The molecule has 1 aromatic heterocycles. The Bertz CT molecular complexity index is 812. The summed E-state index contributed by atoms with van der Waals surface area (Å²) < 4.78 is 16.3. The fraction of sp³-hybridized carbons (Fsp3) is 0.474. The van der Waals surface area contributed by atoms with Crippen LogP contribution >= 0.6 is 0 Å². The summed E-state index contributed by atoms with van der Waals surface area (Å²) in [6, 6.07) is 4.98. The van der Waals surface area contributed by atoms with Gasteiger partial charge in [-0.25, -0.2) is 4.79 Å². The van der Waals surface area contributed by atoms with Crippen molar-refractivity contribution in [3.8, 4) is 0 Å². The molecule has 0 amide bonds. The molecule has 0 radical (unpaired) electrons. The van der Waals surface area contributed by atoms with Crippen molar-refractivity contribution in [2.75, 3.05) is 14.2 Å². The predicted octanol–water partition coefficient (Wildman–Crippen LogP) is 3.56. The van der Waals surface area contributed by atoms with Gasteiger partial charge in [0, 0.05) is 18.6 Å². The highest BCUT2D eigenvalue weighted by Gasteiger charge is 2.27. The second-order valence-electron chi connectivity index (χ2n) is 6.30. The fourth-order valence-corrected chi connectivity index (χ4v) is 3.55. The van der Waals surface area contributed by atoms with Crippen LogP contribution in [-0.2, 0) is 9.47 Å². The quantitative estimate of drug-likeness (QED) is 0.805. The lowest BCUT2D eigenvalue weighted by Crippen LogP contribution is -2.21. The maximum absolute atomic E-state index is 12.7. The molecule has 24 heavy (non-hydrogen) atoms. The van der Waals surface area contributed by atoms with E-state index in [-0.39, 0.29) is 17.5 Å². The molecule has 0 bridgehead atoms. The third-order valence-corrected chi connectivity index (χ3v) is 4.97. The highest BCUT2D eigenvalue weighted by Crippen LogP contribution is 2.36. The summed E-state index contributed by atoms with van der Waals surface area (Å²) in [4.78, 5) is 24.7. The summed E-state index contributed by atoms with van der Waals surface area (Å²) in [5.41, 5.74) is 1.17. The molecule has 2 aromatic rings. The average molecular weight is 330 g/mol. The summed E-state index contributed by atoms with van der Waals surface area (Å²) in [5.74, 6) is 0.374. The summed E-state index contributed by atoms with van der Waals surface area (Å²) in [5, 5.41) is 0.421. The largest absolute Gasteiger partial charge is 0.465 e. The number of carbonyl (C=O) groups excluding carboxylic acids is 1. The topological polar surface area (TPSA) is 65.7 Å². The van der Waals surface area contributed by atoms with E-state index < -0.39 is 5.97 Å². The van der Waals surface area contributed by atoms with E-state index in [1.807, 2.05) is 0 Å². The van der Waals surface area contributed by atoms with E-state index in [0.29, 0.717) is 27.9 Å². The molecule has 128 valence electrons. The minimum absolute atomic E-state index is 0.0779. The van der Waals surface area contributed by atoms with Crippen molar-refractivity contribution in [1.82, 2.24) is 0 Å². The van der Waals surface area contributed by atoms with E-state index in [2.05, 4.69) is 0 Å². The average Bonchev–Trinajstić information content (AvgIpc) is 2.63. The van der Waals surface area contributed by atoms with Crippen LogP contribution < -0.4 is 5.43 Å². The summed E-state index contributed by atoms with van der Waals surface area (Å²) in [6.07, 6.45) is 3.99. The van der Waals surface area contributed by atoms with Crippen LogP contribution in [0.5, 0.6) is 0 Å². The molecular formula is C19H22O5. The van der Waals surface area contributed by atoms with E-state index in [0.717, 1.165) is 25.7 Å². The number of ether oxygens (including phenoxy) is 2. The zero-order valence-electron chi connectivity index (χ0n) is 14.3. The first-order valence-electron chi connectivity index (χ1n) is 8.24. The van der Waals surface area contributed by atoms with Gasteiger partial charge in [0.05, 0.1) is 18.6 Å². The molecule has 0 N–H and O–H groups in total. The maximum Gasteiger partial charge on any atom is 0.341 e. The third-order valence-electron chi connectivity index (χ3n) is 4.97. The van der Waals surface area contributed by atoms with E-state index in [1.165, 1.54) is 7.11 Å². The SMILES string of the molecule is COC(=O)c1cccc2c(=O)c(C)c(C3CCC(OC)CC3)oc12. The predicted molar refractivity (Wildman–Crippen MR) is 90.6 cm³/mol. The minimum Gasteiger partial charge on any atom is -0.465 e. The Hall–Kier alpha value is -2.14. The van der Waals surface area contributed by atoms with Crippen LogP contribution in [0.15, 0.2) is 27.4 Å². The number of benzene rings is 1. The van der Waals surface area contributed by atoms with Gasteiger partial charge < -0.3 is 13.9 Å². The van der Waals surface area contributed by atoms with Gasteiger partial charge in [0.1, 0.15) is 11.3 Å². The number of esters is 1. The molecule has 5 nitrogen and oxygen atoms in total. The molecule has 1 aliphatic carbocycles. The van der Waals surface area contributed by atoms with E-state index in [9.17, 15) is 9.59 Å². The number of hydrogen-bond donors (Lipinski definition) is 0. The Labute approximate surface area is 140 Å². The summed E-state index contributed by atoms with van der Waals surface area (Å²) in [6.45, 7) is 1.80. The lowest BCUT2D eigenvalue weighted by molar-refractivity contribution is 0.0601. The Morgan fingerprint density at radius 1 is 1.17 bits per heavy atom. The van der Waals surface area contributed by atoms with Gasteiger partial charge in [0.15, 0.2) is 11.0 Å². The monoisotopic (exact) mass is 330 g/mol. The van der Waals surface area contributed by atoms with Crippen molar-refractivity contribution < 1.29 is 18.7 Å². The molecule has 0 spiro atoms. The van der Waals surface area contributed by atoms with Crippen LogP contribution in [-0.4, -0.2) is 26.3 Å². The molecule has 1 heterocycles. The highest BCUT2D eigenvalue weighted by molar-refractivity contribution is 6.01. The third kappa shape index (κ3) is 2.84. The van der Waals surface area contributed by atoms with Crippen molar-refractivity contribution in [3.63, 3.8) is 0 Å². The van der Waals surface area contributed by atoms with Gasteiger partial charge in [-0.3, -0.25) is 4.79 Å². The Kier molecular flexibility index (Phi) is 4.71. The van der Waals surface area contributed by atoms with Crippen molar-refractivity contribution in [1.29, 1.82) is 0 Å². The number of rotatable bonds is 3. The maximum atomic E-state index is 12.7. The number of carbonyl (C=O) groups is 1. The zero-order valence-corrected chi connectivity index (χ0v) is 14.3. The molecule has 0 aliphatic heterocycles. The molecule has 5 heteroatoms. The van der Waals surface area contributed by atoms with Crippen molar-refractivity contribution in [2.45, 2.75) is 44.6 Å². The second-order valence-corrected chi connectivity index (χ2v) is 6.30. The molecule has 1 fully saturated rings. The lowest BCUT2D eigenvalue weighted by Gasteiger charge is -2.27. The van der Waals surface area contributed by atoms with E-state index in [1.54, 1.807) is 32.2 Å². The minimum atomic E-state index is -0.498. The standard InChI is InChI=1S/C19H22O5/c1-11-16(20)14-5-4-6-15(19(21)23-3)18(14)24-17(11)12-7-9-13(22-2)10-8-12/h4-6,12-13H,7-10H2,1-3H3. The molecule has 0 saturated heterocycles. The van der Waals surface area contributed by atoms with Crippen LogP contribution in [0, 0.1) is 6.92 Å². The van der Waals surface area contributed by atoms with Crippen LogP contribution in [0.2, 0.25) is 0 Å². The molecule has 1 saturated carbocycles. The normalized spacial score (nSPS) is 21.0. The number of fused-ring (bicyclic) bond motifs is 1. The lowest BCUT2D eigenvalue weighted by atomic mass is 9.84. The van der Waals surface area contributed by atoms with Gasteiger partial charge in [-0.1, -0.05) is 6.07 Å². The summed E-state index contributed by atoms with van der Waals surface area (Å²) >= 11 is 0. The molecule has 0 unspecified atom stereocenters. The Morgan fingerprint density at radius 3 is 2.50 bits per heavy atom. The van der Waals surface area contributed by atoms with Gasteiger partial charge in [0.25, 0.3) is 0 Å². The van der Waals surface area contributed by atoms with Crippen LogP contribution in [0.1, 0.15) is 53.3 Å². The van der Waals surface area contributed by atoms with Crippen molar-refractivity contribution >= 4 is 16.9 Å². The molecular weight excluding hydrogens is 308 g/mol. The highest BCUT2D eigenvalue weighted by atomic mass is 16.5. The van der Waals surface area contributed by atoms with Crippen LogP contribution in [0.25, 0.3) is 11.0 Å². The van der Waals surface area contributed by atoms with Gasteiger partial charge in [-0.15, -0.1) is 0 Å². The molecule has 3 rings (SSSR count). The zero-order chi connectivity index (χ0) is 17.3. The Morgan fingerprint density at radius 2 is 1.88 bits per heavy atom. The second kappa shape index (κ2) is 6.77. The van der Waals surface area contributed by atoms with Crippen molar-refractivity contribution in [2.24, 2.45) is 0 Å². The van der Waals surface area contributed by atoms with Gasteiger partial charge in [-0.05, 0) is 44.7 Å². The van der Waals surface area contributed by atoms with Gasteiger partial charge in [0.2, 0.25) is 0 Å². The summed E-state index contributed by atoms with van der Waals surface area (Å²) in [7, 11) is 3.05. The molecule has 1 aromatic carbocycles. The number of hydrogen-bond acceptors (Lipinski definition) is 5. The van der Waals surface area contributed by atoms with Crippen molar-refractivity contribution in [3.05, 3.63) is 45.3 Å². The smallest absolute Gasteiger partial charge is 0.341 e. The van der Waals surface area contributed by atoms with E-state index >= 15 is 0 Å².